The van der Waals surface area contributed by atoms with E-state index in [1.807, 2.05) is 6.92 Å². The van der Waals surface area contributed by atoms with Gasteiger partial charge in [0.2, 0.25) is 5.88 Å². The minimum Gasteiger partial charge on any atom is -0.437 e. The quantitative estimate of drug-likeness (QED) is 0.870. The van der Waals surface area contributed by atoms with Gasteiger partial charge in [0.1, 0.15) is 10.6 Å². The summed E-state index contributed by atoms with van der Waals surface area (Å²) >= 11 is 0. The molecular weight excluding hydrogens is 264 g/mol. The third-order valence-electron chi connectivity index (χ3n) is 2.54. The SMILES string of the molecule is Cc1cc(N)ccc1Oc1ncccc1S(C)(=O)=O. The highest BCUT2D eigenvalue weighted by Crippen LogP contribution is 2.29. The number of sulfone groups is 1. The van der Waals surface area contributed by atoms with E-state index in [0.717, 1.165) is 11.8 Å². The average Bonchev–Trinajstić information content (AvgIpc) is 2.32. The third kappa shape index (κ3) is 3.03. The van der Waals surface area contributed by atoms with Gasteiger partial charge in [0, 0.05) is 18.1 Å². The minimum absolute atomic E-state index is 0.0613. The first-order chi connectivity index (χ1) is 8.88. The highest BCUT2D eigenvalue weighted by Gasteiger charge is 2.16. The first-order valence-corrected chi connectivity index (χ1v) is 7.46. The predicted octanol–water partition coefficient (Wildman–Crippen LogP) is 2.17. The molecule has 0 saturated heterocycles. The van der Waals surface area contributed by atoms with Crippen molar-refractivity contribution in [3.8, 4) is 11.6 Å². The molecule has 0 atom stereocenters. The fraction of sp³-hybridized carbons (Fsp3) is 0.154. The summed E-state index contributed by atoms with van der Waals surface area (Å²) in [5, 5.41) is 0. The van der Waals surface area contributed by atoms with Crippen LogP contribution in [0.4, 0.5) is 5.69 Å². The standard InChI is InChI=1S/C13H14N2O3S/c1-9-8-10(14)5-6-11(9)18-13-12(19(2,16)17)4-3-7-15-13/h3-8H,14H2,1-2H3. The van der Waals surface area contributed by atoms with Crippen molar-refractivity contribution in [1.82, 2.24) is 4.98 Å². The average molecular weight is 278 g/mol. The van der Waals surface area contributed by atoms with Crippen LogP contribution in [0.2, 0.25) is 0 Å². The number of nitrogens with two attached hydrogens (primary N) is 1. The number of hydrogen-bond donors (Lipinski definition) is 1. The highest BCUT2D eigenvalue weighted by molar-refractivity contribution is 7.90. The molecule has 2 N–H and O–H groups in total. The molecule has 0 saturated carbocycles. The van der Waals surface area contributed by atoms with Crippen LogP contribution in [0, 0.1) is 6.92 Å². The van der Waals surface area contributed by atoms with Crippen molar-refractivity contribution in [3.05, 3.63) is 42.1 Å². The molecule has 0 fully saturated rings. The van der Waals surface area contributed by atoms with Crippen molar-refractivity contribution in [3.63, 3.8) is 0 Å². The topological polar surface area (TPSA) is 82.3 Å². The predicted molar refractivity (Wildman–Crippen MR) is 73.0 cm³/mol. The molecule has 0 unspecified atom stereocenters. The Bertz CT molecular complexity index is 712. The zero-order valence-electron chi connectivity index (χ0n) is 10.6. The second-order valence-corrected chi connectivity index (χ2v) is 6.19. The molecule has 100 valence electrons. The first-order valence-electron chi connectivity index (χ1n) is 5.57. The first kappa shape index (κ1) is 13.4. The molecule has 0 aliphatic carbocycles. The van der Waals surface area contributed by atoms with Crippen molar-refractivity contribution in [2.24, 2.45) is 0 Å². The van der Waals surface area contributed by atoms with E-state index in [-0.39, 0.29) is 10.8 Å². The second kappa shape index (κ2) is 4.89. The van der Waals surface area contributed by atoms with Crippen molar-refractivity contribution in [1.29, 1.82) is 0 Å². The fourth-order valence-electron chi connectivity index (χ4n) is 1.63. The molecule has 1 heterocycles. The summed E-state index contributed by atoms with van der Waals surface area (Å²) in [5.41, 5.74) is 7.08. The van der Waals surface area contributed by atoms with Crippen LogP contribution in [0.15, 0.2) is 41.4 Å². The number of benzene rings is 1. The lowest BCUT2D eigenvalue weighted by molar-refractivity contribution is 0.444. The Labute approximate surface area is 112 Å². The second-order valence-electron chi connectivity index (χ2n) is 4.21. The van der Waals surface area contributed by atoms with Gasteiger partial charge in [-0.3, -0.25) is 0 Å². The third-order valence-corrected chi connectivity index (χ3v) is 3.65. The summed E-state index contributed by atoms with van der Waals surface area (Å²) in [7, 11) is -3.39. The van der Waals surface area contributed by atoms with Crippen molar-refractivity contribution in [2.75, 3.05) is 12.0 Å². The van der Waals surface area contributed by atoms with Gasteiger partial charge in [-0.2, -0.15) is 0 Å². The molecule has 0 bridgehead atoms. The van der Waals surface area contributed by atoms with Gasteiger partial charge >= 0.3 is 0 Å². The normalized spacial score (nSPS) is 11.3. The monoisotopic (exact) mass is 278 g/mol. The molecule has 1 aromatic carbocycles. The summed E-state index contributed by atoms with van der Waals surface area (Å²) in [6.45, 7) is 1.83. The molecule has 6 heteroatoms. The van der Waals surface area contributed by atoms with E-state index in [9.17, 15) is 8.42 Å². The number of anilines is 1. The molecule has 0 aliphatic heterocycles. The van der Waals surface area contributed by atoms with E-state index in [4.69, 9.17) is 10.5 Å². The molecule has 2 rings (SSSR count). The van der Waals surface area contributed by atoms with Crippen LogP contribution in [0.3, 0.4) is 0 Å². The zero-order valence-corrected chi connectivity index (χ0v) is 11.4. The number of nitrogen functional groups attached to an aromatic ring is 1. The van der Waals surface area contributed by atoms with Crippen LogP contribution in [0.1, 0.15) is 5.56 Å². The molecule has 0 amide bonds. The summed E-state index contributed by atoms with van der Waals surface area (Å²) in [6.07, 6.45) is 2.60. The molecular formula is C13H14N2O3S. The molecule has 0 spiro atoms. The maximum absolute atomic E-state index is 11.6. The van der Waals surface area contributed by atoms with Crippen LogP contribution in [-0.4, -0.2) is 19.7 Å². The van der Waals surface area contributed by atoms with Gasteiger partial charge in [-0.1, -0.05) is 0 Å². The molecule has 1 aromatic heterocycles. The van der Waals surface area contributed by atoms with Gasteiger partial charge in [-0.25, -0.2) is 13.4 Å². The van der Waals surface area contributed by atoms with Gasteiger partial charge < -0.3 is 10.5 Å². The Hall–Kier alpha value is -2.08. The van der Waals surface area contributed by atoms with Gasteiger partial charge in [0.05, 0.1) is 0 Å². The maximum atomic E-state index is 11.6. The van der Waals surface area contributed by atoms with Crippen LogP contribution >= 0.6 is 0 Å². The molecule has 0 radical (unpaired) electrons. The number of rotatable bonds is 3. The van der Waals surface area contributed by atoms with Crippen molar-refractivity contribution in [2.45, 2.75) is 11.8 Å². The Kier molecular flexibility index (Phi) is 3.44. The van der Waals surface area contributed by atoms with Crippen LogP contribution < -0.4 is 10.5 Å². The summed E-state index contributed by atoms with van der Waals surface area (Å²) < 4.78 is 28.9. The van der Waals surface area contributed by atoms with Crippen molar-refractivity contribution >= 4 is 15.5 Å². The number of aryl methyl sites for hydroxylation is 1. The van der Waals surface area contributed by atoms with Gasteiger partial charge in [0.15, 0.2) is 9.84 Å². The van der Waals surface area contributed by atoms with E-state index in [0.29, 0.717) is 11.4 Å². The lowest BCUT2D eigenvalue weighted by Crippen LogP contribution is -2.02. The fourth-order valence-corrected chi connectivity index (χ4v) is 2.36. The van der Waals surface area contributed by atoms with Crippen molar-refractivity contribution < 1.29 is 13.2 Å². The summed E-state index contributed by atoms with van der Waals surface area (Å²) in [5.74, 6) is 0.593. The smallest absolute Gasteiger partial charge is 0.238 e. The molecule has 0 aliphatic rings. The Morgan fingerprint density at radius 1 is 1.26 bits per heavy atom. The number of aromatic nitrogens is 1. The van der Waals surface area contributed by atoms with E-state index in [1.165, 1.54) is 12.3 Å². The van der Waals surface area contributed by atoms with Crippen LogP contribution in [-0.2, 0) is 9.84 Å². The van der Waals surface area contributed by atoms with Crippen LogP contribution in [0.5, 0.6) is 11.6 Å². The summed E-state index contributed by atoms with van der Waals surface area (Å²) in [4.78, 5) is 4.03. The number of ether oxygens (including phenoxy) is 1. The summed E-state index contributed by atoms with van der Waals surface area (Å²) in [6, 6.07) is 8.14. The number of nitrogens with zero attached hydrogens (tertiary/aromatic N) is 1. The Morgan fingerprint density at radius 3 is 2.63 bits per heavy atom. The van der Waals surface area contributed by atoms with E-state index < -0.39 is 9.84 Å². The Balaban J connectivity index is 2.44. The zero-order chi connectivity index (χ0) is 14.0. The molecule has 19 heavy (non-hydrogen) atoms. The largest absolute Gasteiger partial charge is 0.437 e. The number of pyridine rings is 1. The van der Waals surface area contributed by atoms with E-state index in [1.54, 1.807) is 24.3 Å². The van der Waals surface area contributed by atoms with Crippen LogP contribution in [0.25, 0.3) is 0 Å². The minimum atomic E-state index is -3.39. The lowest BCUT2D eigenvalue weighted by atomic mass is 10.2. The highest BCUT2D eigenvalue weighted by atomic mass is 32.2. The number of hydrogen-bond acceptors (Lipinski definition) is 5. The molecule has 2 aromatic rings. The lowest BCUT2D eigenvalue weighted by Gasteiger charge is -2.10. The van der Waals surface area contributed by atoms with Gasteiger partial charge in [-0.05, 0) is 42.8 Å². The van der Waals surface area contributed by atoms with Gasteiger partial charge in [0.25, 0.3) is 0 Å². The Morgan fingerprint density at radius 2 is 2.00 bits per heavy atom. The molecule has 5 nitrogen and oxygen atoms in total. The maximum Gasteiger partial charge on any atom is 0.238 e. The van der Waals surface area contributed by atoms with Gasteiger partial charge in [-0.15, -0.1) is 0 Å². The van der Waals surface area contributed by atoms with E-state index in [2.05, 4.69) is 4.98 Å². The van der Waals surface area contributed by atoms with E-state index >= 15 is 0 Å².